The third-order valence-electron chi connectivity index (χ3n) is 3.66. The van der Waals surface area contributed by atoms with Crippen molar-refractivity contribution in [2.24, 2.45) is 12.8 Å². The zero-order chi connectivity index (χ0) is 18.4. The van der Waals surface area contributed by atoms with Gasteiger partial charge in [-0.15, -0.1) is 10.2 Å². The van der Waals surface area contributed by atoms with Gasteiger partial charge in [-0.1, -0.05) is 26.0 Å². The molecule has 2 aromatic heterocycles. The first-order valence-electron chi connectivity index (χ1n) is 8.23. The number of nitrogens with zero attached hydrogens (tertiary/aromatic N) is 6. The summed E-state index contributed by atoms with van der Waals surface area (Å²) in [5, 5.41) is 15.3. The molecule has 2 heterocycles. The highest BCUT2D eigenvalue weighted by Crippen LogP contribution is 2.40. The van der Waals surface area contributed by atoms with Crippen LogP contribution >= 0.6 is 0 Å². The Labute approximate surface area is 147 Å². The van der Waals surface area contributed by atoms with Crippen LogP contribution in [0.3, 0.4) is 0 Å². The summed E-state index contributed by atoms with van der Waals surface area (Å²) in [5.74, 6) is 1.50. The number of rotatable bonds is 2. The van der Waals surface area contributed by atoms with Crippen molar-refractivity contribution in [3.63, 3.8) is 0 Å². The van der Waals surface area contributed by atoms with E-state index in [4.69, 9.17) is 0 Å². The zero-order valence-corrected chi connectivity index (χ0v) is 15.3. The van der Waals surface area contributed by atoms with Crippen LogP contribution in [-0.4, -0.2) is 44.3 Å². The molecule has 3 N–H and O–H groups in total. The van der Waals surface area contributed by atoms with E-state index in [2.05, 4.69) is 48.6 Å². The van der Waals surface area contributed by atoms with Gasteiger partial charge in [-0.25, -0.2) is 9.97 Å². The zero-order valence-electron chi connectivity index (χ0n) is 15.3. The van der Waals surface area contributed by atoms with Gasteiger partial charge in [0.05, 0.1) is 12.7 Å². The molecule has 0 saturated heterocycles. The van der Waals surface area contributed by atoms with Crippen molar-refractivity contribution in [1.82, 2.24) is 30.2 Å². The summed E-state index contributed by atoms with van der Waals surface area (Å²) in [6.07, 6.45) is 2.40. The highest BCUT2D eigenvalue weighted by molar-refractivity contribution is 5.85. The fraction of sp³-hybridized carbons (Fsp3) is 0.353. The molecule has 0 aliphatic heterocycles. The number of fused-ring (bicyclic) bond motifs is 3. The van der Waals surface area contributed by atoms with Crippen LogP contribution in [0.5, 0.6) is 0 Å². The van der Waals surface area contributed by atoms with E-state index in [0.29, 0.717) is 5.82 Å². The normalized spacial score (nSPS) is 10.6. The summed E-state index contributed by atoms with van der Waals surface area (Å²) >= 11 is 0. The minimum Gasteiger partial charge on any atom is -0.373 e. The largest absolute Gasteiger partial charge is 0.373 e. The SMILES string of the molecule is CC.CN.CNc1ncnc2c1-c1ccc(-c3nnn(C)n3)cc1C2. The van der Waals surface area contributed by atoms with Crippen LogP contribution in [0.25, 0.3) is 22.5 Å². The maximum Gasteiger partial charge on any atom is 0.204 e. The van der Waals surface area contributed by atoms with Crippen LogP contribution in [0.2, 0.25) is 0 Å². The van der Waals surface area contributed by atoms with Crippen LogP contribution in [0, 0.1) is 0 Å². The molecule has 8 nitrogen and oxygen atoms in total. The van der Waals surface area contributed by atoms with E-state index in [-0.39, 0.29) is 0 Å². The molecule has 0 saturated carbocycles. The molecule has 8 heteroatoms. The number of hydrogen-bond acceptors (Lipinski definition) is 7. The molecule has 0 unspecified atom stereocenters. The Hall–Kier alpha value is -2.87. The topological polar surface area (TPSA) is 107 Å². The smallest absolute Gasteiger partial charge is 0.204 e. The lowest BCUT2D eigenvalue weighted by atomic mass is 10.0. The van der Waals surface area contributed by atoms with Gasteiger partial charge < -0.3 is 11.1 Å². The number of nitrogens with one attached hydrogen (secondary N) is 1. The lowest BCUT2D eigenvalue weighted by Crippen LogP contribution is -1.97. The Bertz CT molecular complexity index is 840. The minimum absolute atomic E-state index is 0.635. The van der Waals surface area contributed by atoms with E-state index in [1.807, 2.05) is 27.0 Å². The number of aryl methyl sites for hydroxylation is 1. The van der Waals surface area contributed by atoms with Gasteiger partial charge in [-0.3, -0.25) is 0 Å². The second-order valence-electron chi connectivity index (χ2n) is 4.95. The molecule has 25 heavy (non-hydrogen) atoms. The van der Waals surface area contributed by atoms with Crippen molar-refractivity contribution >= 4 is 5.82 Å². The second-order valence-corrected chi connectivity index (χ2v) is 4.95. The monoisotopic (exact) mass is 340 g/mol. The molecule has 1 aliphatic rings. The molecule has 3 aromatic rings. The van der Waals surface area contributed by atoms with Gasteiger partial charge in [0, 0.05) is 24.6 Å². The average molecular weight is 340 g/mol. The van der Waals surface area contributed by atoms with E-state index in [1.165, 1.54) is 23.0 Å². The fourth-order valence-corrected chi connectivity index (χ4v) is 2.73. The van der Waals surface area contributed by atoms with E-state index in [0.717, 1.165) is 29.1 Å². The van der Waals surface area contributed by atoms with Crippen molar-refractivity contribution in [2.75, 3.05) is 19.4 Å². The van der Waals surface area contributed by atoms with Crippen LogP contribution in [-0.2, 0) is 13.5 Å². The first-order valence-corrected chi connectivity index (χ1v) is 8.23. The highest BCUT2D eigenvalue weighted by Gasteiger charge is 2.24. The molecular formula is C17H24N8. The third kappa shape index (κ3) is 3.48. The number of anilines is 1. The molecular weight excluding hydrogens is 316 g/mol. The molecule has 0 amide bonds. The molecule has 1 aromatic carbocycles. The fourth-order valence-electron chi connectivity index (χ4n) is 2.73. The summed E-state index contributed by atoms with van der Waals surface area (Å²) in [4.78, 5) is 10.1. The summed E-state index contributed by atoms with van der Waals surface area (Å²) in [6, 6.07) is 6.20. The molecule has 132 valence electrons. The Morgan fingerprint density at radius 1 is 1.16 bits per heavy atom. The maximum absolute atomic E-state index is 4.50. The summed E-state index contributed by atoms with van der Waals surface area (Å²) in [6.45, 7) is 4.00. The van der Waals surface area contributed by atoms with Crippen LogP contribution in [0.4, 0.5) is 5.82 Å². The number of tetrazole rings is 1. The molecule has 0 radical (unpaired) electrons. The van der Waals surface area contributed by atoms with Gasteiger partial charge in [-0.2, -0.15) is 4.80 Å². The van der Waals surface area contributed by atoms with Gasteiger partial charge in [0.15, 0.2) is 0 Å². The Morgan fingerprint density at radius 2 is 1.92 bits per heavy atom. The van der Waals surface area contributed by atoms with E-state index in [1.54, 1.807) is 13.4 Å². The van der Waals surface area contributed by atoms with Crippen LogP contribution < -0.4 is 11.1 Å². The first-order chi connectivity index (χ1) is 12.3. The number of nitrogens with two attached hydrogens (primary N) is 1. The predicted molar refractivity (Wildman–Crippen MR) is 99.1 cm³/mol. The van der Waals surface area contributed by atoms with Crippen molar-refractivity contribution in [3.05, 3.63) is 35.8 Å². The third-order valence-corrected chi connectivity index (χ3v) is 3.66. The summed E-state index contributed by atoms with van der Waals surface area (Å²) in [5.41, 5.74) is 9.99. The Morgan fingerprint density at radius 3 is 2.56 bits per heavy atom. The van der Waals surface area contributed by atoms with Crippen molar-refractivity contribution < 1.29 is 0 Å². The summed E-state index contributed by atoms with van der Waals surface area (Å²) in [7, 11) is 5.13. The van der Waals surface area contributed by atoms with Gasteiger partial charge in [0.1, 0.15) is 12.1 Å². The quantitative estimate of drug-likeness (QED) is 0.573. The maximum atomic E-state index is 4.50. The summed E-state index contributed by atoms with van der Waals surface area (Å²) < 4.78 is 0. The lowest BCUT2D eigenvalue weighted by Gasteiger charge is -2.06. The molecule has 0 bridgehead atoms. The number of hydrogen-bond donors (Lipinski definition) is 2. The van der Waals surface area contributed by atoms with Crippen LogP contribution in [0.15, 0.2) is 24.5 Å². The van der Waals surface area contributed by atoms with Crippen molar-refractivity contribution in [1.29, 1.82) is 0 Å². The standard InChI is InChI=1S/C14H13N7.C2H6.CH5N/c1-15-14-12-10-4-3-8(13-18-20-21(2)19-13)5-9(10)6-11(12)16-7-17-14;2*1-2/h3-5,7H,6H2,1-2H3,(H,15,16,17);1-2H3;2H2,1H3. The Kier molecular flexibility index (Phi) is 6.13. The van der Waals surface area contributed by atoms with Gasteiger partial charge in [0.2, 0.25) is 5.82 Å². The molecule has 0 fully saturated rings. The number of benzene rings is 1. The minimum atomic E-state index is 0.635. The molecule has 0 atom stereocenters. The van der Waals surface area contributed by atoms with Gasteiger partial charge >= 0.3 is 0 Å². The van der Waals surface area contributed by atoms with Gasteiger partial charge in [0.25, 0.3) is 0 Å². The van der Waals surface area contributed by atoms with Crippen molar-refractivity contribution in [2.45, 2.75) is 20.3 Å². The van der Waals surface area contributed by atoms with E-state index in [9.17, 15) is 0 Å². The molecule has 4 rings (SSSR count). The average Bonchev–Trinajstić information content (AvgIpc) is 3.27. The first kappa shape index (κ1) is 18.5. The van der Waals surface area contributed by atoms with E-state index >= 15 is 0 Å². The number of aromatic nitrogens is 6. The van der Waals surface area contributed by atoms with Crippen LogP contribution in [0.1, 0.15) is 25.1 Å². The predicted octanol–water partition coefficient (Wildman–Crippen LogP) is 1.88. The molecule has 1 aliphatic carbocycles. The second kappa shape index (κ2) is 8.29. The van der Waals surface area contributed by atoms with E-state index < -0.39 is 0 Å². The molecule has 0 spiro atoms. The van der Waals surface area contributed by atoms with Gasteiger partial charge in [-0.05, 0) is 29.5 Å². The Balaban J connectivity index is 0.000000528. The van der Waals surface area contributed by atoms with Crippen molar-refractivity contribution in [3.8, 4) is 22.5 Å². The highest BCUT2D eigenvalue weighted by atomic mass is 15.6. The lowest BCUT2D eigenvalue weighted by molar-refractivity contribution is 0.630.